The highest BCUT2D eigenvalue weighted by Crippen LogP contribution is 2.49. The van der Waals surface area contributed by atoms with E-state index in [4.69, 9.17) is 14.6 Å². The van der Waals surface area contributed by atoms with Crippen LogP contribution in [0.4, 0.5) is 52.7 Å². The summed E-state index contributed by atoms with van der Waals surface area (Å²) in [7, 11) is 1.00. The minimum absolute atomic E-state index is 0.0180. The van der Waals surface area contributed by atoms with Gasteiger partial charge in [-0.05, 0) is 124 Å². The van der Waals surface area contributed by atoms with Gasteiger partial charge in [-0.2, -0.15) is 62.9 Å². The first-order valence-corrected chi connectivity index (χ1v) is 25.0. The molecule has 2 aromatic heterocycles. The van der Waals surface area contributed by atoms with Crippen LogP contribution in [-0.4, -0.2) is 61.5 Å². The Morgan fingerprint density at radius 3 is 1.26 bits per heavy atom. The Morgan fingerprint density at radius 2 is 0.910 bits per heavy atom. The maximum atomic E-state index is 13.4. The topological polar surface area (TPSA) is 152 Å². The fourth-order valence-corrected chi connectivity index (χ4v) is 10.5. The van der Waals surface area contributed by atoms with E-state index >= 15 is 0 Å². The van der Waals surface area contributed by atoms with Gasteiger partial charge in [0.05, 0.1) is 64.3 Å². The van der Waals surface area contributed by atoms with Crippen molar-refractivity contribution in [2.45, 2.75) is 138 Å². The largest absolute Gasteiger partial charge is 0.416 e. The van der Waals surface area contributed by atoms with Gasteiger partial charge >= 0.3 is 36.1 Å². The molecule has 2 fully saturated rings. The van der Waals surface area contributed by atoms with Crippen molar-refractivity contribution in [3.8, 4) is 0 Å². The molecule has 1 saturated carbocycles. The summed E-state index contributed by atoms with van der Waals surface area (Å²) in [6, 6.07) is 21.8. The predicted octanol–water partition coefficient (Wildman–Crippen LogP) is 12.4. The second-order valence-corrected chi connectivity index (χ2v) is 19.8. The van der Waals surface area contributed by atoms with Crippen molar-refractivity contribution in [2.24, 2.45) is 0 Å². The number of aliphatic hydroxyl groups is 1. The first kappa shape index (κ1) is 61.0. The molecular weight excluding hydrogens is 1050 g/mol. The maximum Gasteiger partial charge on any atom is 0.416 e. The van der Waals surface area contributed by atoms with Gasteiger partial charge in [0.15, 0.2) is 0 Å². The maximum absolute atomic E-state index is 13.4. The number of nitrogens with one attached hydrogen (secondary N) is 3. The summed E-state index contributed by atoms with van der Waals surface area (Å²) in [5, 5.41) is 23.1. The molecule has 4 aromatic carbocycles. The zero-order valence-electron chi connectivity index (χ0n) is 43.2. The Labute approximate surface area is 441 Å². The van der Waals surface area contributed by atoms with Crippen LogP contribution >= 0.6 is 0 Å². The number of ether oxygens (including phenoxy) is 2. The van der Waals surface area contributed by atoms with Gasteiger partial charge in [-0.15, -0.1) is 0 Å². The molecule has 78 heavy (non-hydrogen) atoms. The fraction of sp³-hybridized carbons (Fsp3) is 0.481. The number of aromatic amines is 2. The third-order valence-corrected chi connectivity index (χ3v) is 15.4. The molecule has 4 atom stereocenters. The standard InChI is InChI=1S/C27H29F6N3O2.C26H28F6N4O2.CH4O/c1-3-25(36-17-34-35-23(36)37)11-9-24(10-12-25,20-7-5-4-6-8-20)16-38-18(2)19-13-21(26(28,29)30)15-22(14-19)27(31,32)33;1-3-23(36-16-34-35-22(36)37)9-10-24(33-14-23,19-7-5-4-6-8-19)15-38-17(2)18-11-20(25(27,28)29)13-21(12-18)26(30,31)32;1-2/h4-8,13-15,17-18H,3,9-12,16H2,1-2H3,(H,35,37);4-8,11-13,16-17,33H,3,9-10,14-15H2,1-2H3,(H,35,37);2H,1H3/t18-,24?,25?;17-,23+,24-;/m11./s1. The molecule has 2 aliphatic rings. The summed E-state index contributed by atoms with van der Waals surface area (Å²) in [4.78, 5) is 24.7. The van der Waals surface area contributed by atoms with Gasteiger partial charge in [0.2, 0.25) is 0 Å². The number of nitrogens with zero attached hydrogens (tertiary/aromatic N) is 4. The number of rotatable bonds is 14. The van der Waals surface area contributed by atoms with Crippen LogP contribution in [0.1, 0.15) is 136 Å². The van der Waals surface area contributed by atoms with Gasteiger partial charge < -0.3 is 19.9 Å². The summed E-state index contributed by atoms with van der Waals surface area (Å²) in [5.41, 5.74) is -7.05. The molecule has 426 valence electrons. The van der Waals surface area contributed by atoms with Crippen molar-refractivity contribution in [3.05, 3.63) is 175 Å². The molecule has 4 N–H and O–H groups in total. The molecule has 8 rings (SSSR count). The molecule has 1 aliphatic heterocycles. The van der Waals surface area contributed by atoms with E-state index in [0.717, 1.165) is 18.2 Å². The Hall–Kier alpha value is -6.24. The van der Waals surface area contributed by atoms with E-state index < -0.39 is 81.2 Å². The Bertz CT molecular complexity index is 2720. The quantitative estimate of drug-likeness (QED) is 0.0787. The van der Waals surface area contributed by atoms with Crippen LogP contribution in [-0.2, 0) is 56.2 Å². The molecule has 6 aromatic rings. The van der Waals surface area contributed by atoms with Crippen LogP contribution in [0.3, 0.4) is 0 Å². The first-order valence-electron chi connectivity index (χ1n) is 25.0. The molecule has 1 saturated heterocycles. The highest BCUT2D eigenvalue weighted by molar-refractivity contribution is 5.36. The molecule has 0 unspecified atom stereocenters. The van der Waals surface area contributed by atoms with Crippen LogP contribution in [0.25, 0.3) is 0 Å². The third-order valence-electron chi connectivity index (χ3n) is 15.4. The number of aliphatic hydroxyl groups excluding tert-OH is 1. The molecule has 3 heterocycles. The lowest BCUT2D eigenvalue weighted by Gasteiger charge is -2.47. The highest BCUT2D eigenvalue weighted by atomic mass is 19.4. The Balaban J connectivity index is 0.000000245. The van der Waals surface area contributed by atoms with E-state index in [-0.39, 0.29) is 47.9 Å². The zero-order chi connectivity index (χ0) is 57.5. The Morgan fingerprint density at radius 1 is 0.538 bits per heavy atom. The lowest BCUT2D eigenvalue weighted by molar-refractivity contribution is -0.145. The monoisotopic (exact) mass is 1120 g/mol. The smallest absolute Gasteiger partial charge is 0.400 e. The van der Waals surface area contributed by atoms with Crippen molar-refractivity contribution in [1.29, 1.82) is 0 Å². The second-order valence-electron chi connectivity index (χ2n) is 19.8. The fourth-order valence-electron chi connectivity index (χ4n) is 10.5. The second kappa shape index (κ2) is 24.0. The molecule has 0 radical (unpaired) electrons. The number of H-pyrrole nitrogens is 2. The minimum atomic E-state index is -4.94. The lowest BCUT2D eigenvalue weighted by atomic mass is 9.63. The summed E-state index contributed by atoms with van der Waals surface area (Å²) in [6.45, 7) is 7.29. The van der Waals surface area contributed by atoms with Gasteiger partial charge in [-0.1, -0.05) is 74.5 Å². The number of hydrogen-bond donors (Lipinski definition) is 4. The van der Waals surface area contributed by atoms with Crippen LogP contribution in [0.15, 0.2) is 119 Å². The summed E-state index contributed by atoms with van der Waals surface area (Å²) in [5.74, 6) is 0. The number of piperidine rings is 1. The number of hydrogen-bond acceptors (Lipinski definition) is 8. The summed E-state index contributed by atoms with van der Waals surface area (Å²) in [6.07, 6.45) is -14.1. The number of alkyl halides is 12. The normalized spacial score (nSPS) is 22.8. The average molecular weight is 1120 g/mol. The van der Waals surface area contributed by atoms with Crippen LogP contribution in [0.2, 0.25) is 0 Å². The molecule has 0 bridgehead atoms. The first-order chi connectivity index (χ1) is 36.6. The van der Waals surface area contributed by atoms with E-state index in [1.54, 1.807) is 9.13 Å². The van der Waals surface area contributed by atoms with E-state index in [9.17, 15) is 62.3 Å². The third kappa shape index (κ3) is 13.6. The Kier molecular flexibility index (Phi) is 18.8. The molecule has 1 aliphatic carbocycles. The van der Waals surface area contributed by atoms with Gasteiger partial charge in [0.1, 0.15) is 12.7 Å². The van der Waals surface area contributed by atoms with Crippen molar-refractivity contribution in [2.75, 3.05) is 26.9 Å². The van der Waals surface area contributed by atoms with E-state index in [0.29, 0.717) is 82.2 Å². The van der Waals surface area contributed by atoms with Crippen LogP contribution < -0.4 is 16.7 Å². The molecule has 12 nitrogen and oxygen atoms in total. The van der Waals surface area contributed by atoms with Crippen LogP contribution in [0.5, 0.6) is 0 Å². The van der Waals surface area contributed by atoms with Crippen LogP contribution in [0, 0.1) is 0 Å². The lowest BCUT2D eigenvalue weighted by Crippen LogP contribution is -2.60. The number of halogens is 12. The van der Waals surface area contributed by atoms with Crippen molar-refractivity contribution >= 4 is 0 Å². The van der Waals surface area contributed by atoms with Gasteiger partial charge in [-0.3, -0.25) is 9.13 Å². The highest BCUT2D eigenvalue weighted by Gasteiger charge is 2.47. The van der Waals surface area contributed by atoms with Crippen molar-refractivity contribution in [1.82, 2.24) is 34.8 Å². The van der Waals surface area contributed by atoms with Gasteiger partial charge in [0.25, 0.3) is 0 Å². The van der Waals surface area contributed by atoms with Crippen molar-refractivity contribution in [3.63, 3.8) is 0 Å². The van der Waals surface area contributed by atoms with E-state index in [1.165, 1.54) is 26.5 Å². The summed E-state index contributed by atoms with van der Waals surface area (Å²) < 4.78 is 176. The molecule has 24 heteroatoms. The van der Waals surface area contributed by atoms with Gasteiger partial charge in [-0.25, -0.2) is 19.8 Å². The minimum Gasteiger partial charge on any atom is -0.400 e. The molecule has 0 spiro atoms. The van der Waals surface area contributed by atoms with Crippen molar-refractivity contribution < 1.29 is 67.3 Å². The number of benzene rings is 4. The SMILES string of the molecule is CCC1(n2cn[nH]c2=O)CCC(CO[C@H](C)c2cc(C(F)(F)F)cc(C(F)(F)F)c2)(c2ccccc2)CC1.CC[C@]1(n2cn[nH]c2=O)CC[C@@](CO[C@H](C)c2cc(C(F)(F)F)cc(C(F)(F)F)c2)(c2ccccc2)NC1.CO. The zero-order valence-corrected chi connectivity index (χ0v) is 43.2. The summed E-state index contributed by atoms with van der Waals surface area (Å²) >= 11 is 0. The predicted molar refractivity (Wildman–Crippen MR) is 264 cm³/mol. The molecular formula is C54H61F12N7O5. The number of aromatic nitrogens is 6. The van der Waals surface area contributed by atoms with E-state index in [1.807, 2.05) is 74.5 Å². The van der Waals surface area contributed by atoms with Gasteiger partial charge in [0, 0.05) is 19.1 Å². The molecule has 0 amide bonds. The average Bonchev–Trinajstić information content (AvgIpc) is 4.17. The van der Waals surface area contributed by atoms with E-state index in [2.05, 4.69) is 25.7 Å².